The van der Waals surface area contributed by atoms with E-state index in [1.165, 1.54) is 33.7 Å². The highest BCUT2D eigenvalue weighted by molar-refractivity contribution is 6.14. The second kappa shape index (κ2) is 10.5. The molecule has 0 aliphatic carbocycles. The fourth-order valence-corrected chi connectivity index (χ4v) is 6.40. The molecular weight excluding hydrogens is 569 g/mol. The zero-order valence-corrected chi connectivity index (χ0v) is 24.5. The minimum atomic E-state index is -0.319. The fraction of sp³-hybridized carbons (Fsp3) is 0. The Kier molecular flexibility index (Phi) is 5.96. The van der Waals surface area contributed by atoms with E-state index in [1.807, 2.05) is 48.5 Å². The van der Waals surface area contributed by atoms with E-state index in [0.29, 0.717) is 28.6 Å². The molecule has 0 radical (unpaired) electrons. The number of halogens is 1. The van der Waals surface area contributed by atoms with Crippen LogP contribution >= 0.6 is 0 Å². The molecule has 0 aliphatic rings. The summed E-state index contributed by atoms with van der Waals surface area (Å²) in [6.07, 6.45) is 0. The number of rotatable bonds is 4. The number of fused-ring (bicyclic) bond motifs is 6. The van der Waals surface area contributed by atoms with Crippen LogP contribution in [-0.4, -0.2) is 15.0 Å². The largest absolute Gasteiger partial charge is 0.455 e. The van der Waals surface area contributed by atoms with Gasteiger partial charge < -0.3 is 4.42 Å². The zero-order valence-electron chi connectivity index (χ0n) is 24.5. The molecule has 0 aliphatic heterocycles. The van der Waals surface area contributed by atoms with Gasteiger partial charge in [-0.15, -0.1) is 0 Å². The van der Waals surface area contributed by atoms with Crippen LogP contribution in [0, 0.1) is 5.82 Å². The third kappa shape index (κ3) is 4.32. The maximum absolute atomic E-state index is 13.9. The lowest BCUT2D eigenvalue weighted by Gasteiger charge is -2.12. The van der Waals surface area contributed by atoms with Gasteiger partial charge in [-0.2, -0.15) is 0 Å². The number of furan rings is 1. The molecule has 216 valence electrons. The smallest absolute Gasteiger partial charge is 0.167 e. The Morgan fingerprint density at radius 1 is 0.435 bits per heavy atom. The Labute approximate surface area is 263 Å². The summed E-state index contributed by atoms with van der Waals surface area (Å²) in [6, 6.07) is 47.8. The van der Waals surface area contributed by atoms with Gasteiger partial charge in [-0.25, -0.2) is 19.3 Å². The van der Waals surface area contributed by atoms with E-state index in [-0.39, 0.29) is 5.82 Å². The van der Waals surface area contributed by atoms with Gasteiger partial charge in [0.2, 0.25) is 0 Å². The molecule has 0 spiro atoms. The second-order valence-electron chi connectivity index (χ2n) is 11.4. The van der Waals surface area contributed by atoms with E-state index < -0.39 is 0 Å². The maximum atomic E-state index is 13.9. The van der Waals surface area contributed by atoms with Crippen molar-refractivity contribution >= 4 is 43.5 Å². The van der Waals surface area contributed by atoms with Crippen molar-refractivity contribution in [1.29, 1.82) is 0 Å². The molecule has 0 saturated heterocycles. The summed E-state index contributed by atoms with van der Waals surface area (Å²) >= 11 is 0. The summed E-state index contributed by atoms with van der Waals surface area (Å²) in [4.78, 5) is 14.9. The summed E-state index contributed by atoms with van der Waals surface area (Å²) < 4.78 is 20.3. The minimum absolute atomic E-state index is 0.319. The van der Waals surface area contributed by atoms with Crippen LogP contribution in [0.15, 0.2) is 150 Å². The highest BCUT2D eigenvalue weighted by Gasteiger charge is 2.18. The molecule has 2 aromatic heterocycles. The predicted molar refractivity (Wildman–Crippen MR) is 184 cm³/mol. The molecule has 0 fully saturated rings. The topological polar surface area (TPSA) is 51.8 Å². The maximum Gasteiger partial charge on any atom is 0.167 e. The van der Waals surface area contributed by atoms with Gasteiger partial charge in [-0.05, 0) is 75.1 Å². The zero-order chi connectivity index (χ0) is 30.6. The minimum Gasteiger partial charge on any atom is -0.455 e. The van der Waals surface area contributed by atoms with Crippen LogP contribution in [0.2, 0.25) is 0 Å². The van der Waals surface area contributed by atoms with Crippen LogP contribution < -0.4 is 0 Å². The van der Waals surface area contributed by atoms with Gasteiger partial charge in [-0.1, -0.05) is 103 Å². The molecule has 0 saturated carbocycles. The molecule has 0 amide bonds. The summed E-state index contributed by atoms with van der Waals surface area (Å²) in [7, 11) is 0. The lowest BCUT2D eigenvalue weighted by Crippen LogP contribution is -2.00. The average Bonchev–Trinajstić information content (AvgIpc) is 3.50. The van der Waals surface area contributed by atoms with Crippen molar-refractivity contribution in [3.8, 4) is 45.3 Å². The average molecular weight is 594 g/mol. The van der Waals surface area contributed by atoms with Gasteiger partial charge >= 0.3 is 0 Å². The number of hydrogen-bond acceptors (Lipinski definition) is 4. The van der Waals surface area contributed by atoms with Crippen LogP contribution in [0.4, 0.5) is 4.39 Å². The van der Waals surface area contributed by atoms with E-state index in [2.05, 4.69) is 72.8 Å². The molecule has 0 N–H and O–H groups in total. The highest BCUT2D eigenvalue weighted by Crippen LogP contribution is 2.38. The van der Waals surface area contributed by atoms with Gasteiger partial charge in [0.25, 0.3) is 0 Å². The lowest BCUT2D eigenvalue weighted by atomic mass is 9.93. The van der Waals surface area contributed by atoms with Crippen molar-refractivity contribution in [3.63, 3.8) is 0 Å². The summed E-state index contributed by atoms with van der Waals surface area (Å²) in [6.45, 7) is 0. The molecule has 0 bridgehead atoms. The molecule has 4 nitrogen and oxygen atoms in total. The van der Waals surface area contributed by atoms with Crippen LogP contribution in [-0.2, 0) is 0 Å². The Balaban J connectivity index is 1.26. The van der Waals surface area contributed by atoms with Gasteiger partial charge in [-0.3, -0.25) is 0 Å². The van der Waals surface area contributed by atoms with Crippen LogP contribution in [0.25, 0.3) is 88.8 Å². The van der Waals surface area contributed by atoms with Crippen molar-refractivity contribution in [3.05, 3.63) is 151 Å². The normalized spacial score (nSPS) is 11.6. The lowest BCUT2D eigenvalue weighted by molar-refractivity contribution is 0.628. The van der Waals surface area contributed by atoms with E-state index in [4.69, 9.17) is 19.4 Å². The van der Waals surface area contributed by atoms with Crippen molar-refractivity contribution < 1.29 is 8.81 Å². The summed E-state index contributed by atoms with van der Waals surface area (Å²) in [5, 5.41) is 6.82. The Hall–Kier alpha value is -6.20. The van der Waals surface area contributed by atoms with Crippen LogP contribution in [0.3, 0.4) is 0 Å². The number of benzene rings is 7. The first-order valence-corrected chi connectivity index (χ1v) is 15.1. The SMILES string of the molecule is Fc1ccc(-c2nc(-c3cccc(-c4cccc5ccc6ccccc6c45)c3)nc(-c3cccc4c3oc3ccccc34)n2)cc1. The Bertz CT molecular complexity index is 2610. The van der Waals surface area contributed by atoms with Crippen molar-refractivity contribution in [2.75, 3.05) is 0 Å². The molecular formula is C41H24FN3O. The van der Waals surface area contributed by atoms with E-state index in [1.54, 1.807) is 12.1 Å². The van der Waals surface area contributed by atoms with Gasteiger partial charge in [0, 0.05) is 21.9 Å². The molecule has 7 aromatic carbocycles. The Morgan fingerprint density at radius 3 is 1.96 bits per heavy atom. The van der Waals surface area contributed by atoms with E-state index in [9.17, 15) is 4.39 Å². The van der Waals surface area contributed by atoms with Gasteiger partial charge in [0.1, 0.15) is 17.0 Å². The third-order valence-corrected chi connectivity index (χ3v) is 8.58. The molecule has 0 unspecified atom stereocenters. The molecule has 46 heavy (non-hydrogen) atoms. The second-order valence-corrected chi connectivity index (χ2v) is 11.4. The highest BCUT2D eigenvalue weighted by atomic mass is 19.1. The number of hydrogen-bond donors (Lipinski definition) is 0. The van der Waals surface area contributed by atoms with Crippen LogP contribution in [0.5, 0.6) is 0 Å². The van der Waals surface area contributed by atoms with Crippen molar-refractivity contribution in [2.24, 2.45) is 0 Å². The van der Waals surface area contributed by atoms with E-state index >= 15 is 0 Å². The first-order chi connectivity index (χ1) is 22.7. The van der Waals surface area contributed by atoms with Gasteiger partial charge in [0.15, 0.2) is 17.5 Å². The van der Waals surface area contributed by atoms with Gasteiger partial charge in [0.05, 0.1) is 5.56 Å². The quantitative estimate of drug-likeness (QED) is 0.191. The summed E-state index contributed by atoms with van der Waals surface area (Å²) in [5.41, 5.74) is 6.01. The van der Waals surface area contributed by atoms with E-state index in [0.717, 1.165) is 38.6 Å². The molecule has 0 atom stereocenters. The van der Waals surface area contributed by atoms with Crippen molar-refractivity contribution in [2.45, 2.75) is 0 Å². The molecule has 9 rings (SSSR count). The first kappa shape index (κ1) is 26.2. The molecule has 5 heteroatoms. The fourth-order valence-electron chi connectivity index (χ4n) is 6.40. The third-order valence-electron chi connectivity index (χ3n) is 8.58. The number of aromatic nitrogens is 3. The first-order valence-electron chi connectivity index (χ1n) is 15.1. The molecule has 9 aromatic rings. The summed E-state index contributed by atoms with van der Waals surface area (Å²) in [5.74, 6) is 1.13. The Morgan fingerprint density at radius 2 is 1.07 bits per heavy atom. The van der Waals surface area contributed by atoms with Crippen molar-refractivity contribution in [1.82, 2.24) is 15.0 Å². The van der Waals surface area contributed by atoms with Crippen LogP contribution in [0.1, 0.15) is 0 Å². The molecule has 2 heterocycles. The number of nitrogens with zero attached hydrogens (tertiary/aromatic N) is 3. The number of para-hydroxylation sites is 2. The predicted octanol–water partition coefficient (Wildman–Crippen LogP) is 10.9. The standard InChI is InChI=1S/C41H24FN3O/c42-30-22-20-27(21-23-30)39-43-40(45-41(44-39)35-16-7-15-34-33-13-3-4-17-36(33)46-38(34)35)29-11-5-10-28(24-29)32-14-6-9-26-19-18-25-8-1-2-12-31(25)37(26)32/h1-24H. The monoisotopic (exact) mass is 593 g/mol.